The van der Waals surface area contributed by atoms with E-state index >= 15 is 0 Å². The number of aryl methyl sites for hydroxylation is 1. The predicted molar refractivity (Wildman–Crippen MR) is 81.7 cm³/mol. The molecule has 6 nitrogen and oxygen atoms in total. The summed E-state index contributed by atoms with van der Waals surface area (Å²) in [7, 11) is -1.86. The van der Waals surface area contributed by atoms with Crippen molar-refractivity contribution in [3.63, 3.8) is 0 Å². The van der Waals surface area contributed by atoms with Crippen LogP contribution in [0.3, 0.4) is 0 Å². The fraction of sp³-hybridized carbons (Fsp3) is 0.400. The maximum Gasteiger partial charge on any atom is 0.246 e. The summed E-state index contributed by atoms with van der Waals surface area (Å²) in [5.41, 5.74) is 0.987. The first-order valence-electron chi connectivity index (χ1n) is 7.15. The van der Waals surface area contributed by atoms with Gasteiger partial charge in [0.25, 0.3) is 0 Å². The molecule has 0 aliphatic carbocycles. The van der Waals surface area contributed by atoms with Gasteiger partial charge >= 0.3 is 0 Å². The van der Waals surface area contributed by atoms with Crippen LogP contribution in [0.4, 0.5) is 0 Å². The maximum absolute atomic E-state index is 12.8. The lowest BCUT2D eigenvalue weighted by atomic mass is 10.1. The molecule has 2 atom stereocenters. The molecule has 0 bridgehead atoms. The summed E-state index contributed by atoms with van der Waals surface area (Å²) in [4.78, 5) is 0.218. The van der Waals surface area contributed by atoms with E-state index in [1.807, 2.05) is 37.3 Å². The van der Waals surface area contributed by atoms with Gasteiger partial charge in [-0.2, -0.15) is 9.40 Å². The number of benzene rings is 1. The second-order valence-corrected chi connectivity index (χ2v) is 7.40. The van der Waals surface area contributed by atoms with Gasteiger partial charge in [-0.15, -0.1) is 0 Å². The topological polar surface area (TPSA) is 64.4 Å². The first kappa shape index (κ1) is 15.2. The highest BCUT2D eigenvalue weighted by molar-refractivity contribution is 7.89. The lowest BCUT2D eigenvalue weighted by Gasteiger charge is -2.36. The number of hydrogen-bond donors (Lipinski definition) is 0. The van der Waals surface area contributed by atoms with Crippen LogP contribution >= 0.6 is 0 Å². The highest BCUT2D eigenvalue weighted by atomic mass is 32.2. The van der Waals surface area contributed by atoms with Crippen LogP contribution in [0, 0.1) is 0 Å². The third kappa shape index (κ3) is 2.79. The quantitative estimate of drug-likeness (QED) is 0.861. The Morgan fingerprint density at radius 3 is 2.64 bits per heavy atom. The summed E-state index contributed by atoms with van der Waals surface area (Å²) in [5, 5.41) is 3.96. The molecule has 0 spiro atoms. The summed E-state index contributed by atoms with van der Waals surface area (Å²) in [6.45, 7) is 2.54. The Kier molecular flexibility index (Phi) is 4.03. The van der Waals surface area contributed by atoms with Crippen molar-refractivity contribution in [2.75, 3.05) is 13.2 Å². The fourth-order valence-electron chi connectivity index (χ4n) is 2.61. The Bertz CT molecular complexity index is 742. The number of rotatable bonds is 3. The van der Waals surface area contributed by atoms with Gasteiger partial charge in [0.2, 0.25) is 10.0 Å². The zero-order valence-corrected chi connectivity index (χ0v) is 13.4. The normalized spacial score (nSPS) is 23.5. The van der Waals surface area contributed by atoms with E-state index in [0.717, 1.165) is 5.56 Å². The minimum atomic E-state index is -3.56. The molecule has 22 heavy (non-hydrogen) atoms. The molecule has 1 aromatic carbocycles. The Balaban J connectivity index is 1.89. The zero-order valence-electron chi connectivity index (χ0n) is 12.6. The van der Waals surface area contributed by atoms with Gasteiger partial charge in [-0.05, 0) is 12.5 Å². The first-order valence-corrected chi connectivity index (χ1v) is 8.59. The van der Waals surface area contributed by atoms with Crippen LogP contribution in [0.15, 0.2) is 47.6 Å². The SMILES string of the molecule is CC1COC(c2ccccc2)CN1S(=O)(=O)c1cnn(C)c1. The predicted octanol–water partition coefficient (Wildman–Crippen LogP) is 1.57. The largest absolute Gasteiger partial charge is 0.370 e. The van der Waals surface area contributed by atoms with Crippen LogP contribution in [0.25, 0.3) is 0 Å². The average molecular weight is 321 g/mol. The van der Waals surface area contributed by atoms with Crippen LogP contribution in [-0.2, 0) is 21.8 Å². The molecule has 7 heteroatoms. The summed E-state index contributed by atoms with van der Waals surface area (Å²) in [6, 6.07) is 9.49. The van der Waals surface area contributed by atoms with Crippen molar-refractivity contribution in [2.24, 2.45) is 7.05 Å². The van der Waals surface area contributed by atoms with Crippen molar-refractivity contribution in [3.8, 4) is 0 Å². The van der Waals surface area contributed by atoms with E-state index in [-0.39, 0.29) is 17.0 Å². The number of sulfonamides is 1. The van der Waals surface area contributed by atoms with Crippen LogP contribution in [0.1, 0.15) is 18.6 Å². The second kappa shape index (κ2) is 5.83. The van der Waals surface area contributed by atoms with Crippen molar-refractivity contribution in [1.82, 2.24) is 14.1 Å². The molecular formula is C15H19N3O3S. The van der Waals surface area contributed by atoms with E-state index in [1.54, 1.807) is 7.05 Å². The van der Waals surface area contributed by atoms with E-state index in [4.69, 9.17) is 4.74 Å². The summed E-state index contributed by atoms with van der Waals surface area (Å²) >= 11 is 0. The van der Waals surface area contributed by atoms with Crippen LogP contribution in [0.5, 0.6) is 0 Å². The minimum absolute atomic E-state index is 0.204. The van der Waals surface area contributed by atoms with Gasteiger partial charge in [0.05, 0.1) is 18.9 Å². The van der Waals surface area contributed by atoms with Crippen molar-refractivity contribution >= 4 is 10.0 Å². The lowest BCUT2D eigenvalue weighted by Crippen LogP contribution is -2.48. The monoisotopic (exact) mass is 321 g/mol. The van der Waals surface area contributed by atoms with E-state index in [1.165, 1.54) is 21.4 Å². The maximum atomic E-state index is 12.8. The molecule has 0 saturated carbocycles. The molecule has 1 saturated heterocycles. The summed E-state index contributed by atoms with van der Waals surface area (Å²) in [6.07, 6.45) is 2.66. The van der Waals surface area contributed by atoms with Gasteiger partial charge in [0.15, 0.2) is 0 Å². The molecule has 1 fully saturated rings. The molecule has 1 aliphatic rings. The molecule has 1 aromatic heterocycles. The standard InChI is InChI=1S/C15H19N3O3S/c1-12-11-21-15(13-6-4-3-5-7-13)10-18(12)22(19,20)14-8-16-17(2)9-14/h3-9,12,15H,10-11H2,1-2H3. The summed E-state index contributed by atoms with van der Waals surface area (Å²) < 4.78 is 34.4. The highest BCUT2D eigenvalue weighted by Crippen LogP contribution is 2.29. The van der Waals surface area contributed by atoms with Gasteiger partial charge in [-0.3, -0.25) is 4.68 Å². The Hall–Kier alpha value is -1.70. The van der Waals surface area contributed by atoms with Crippen LogP contribution < -0.4 is 0 Å². The van der Waals surface area contributed by atoms with Crippen molar-refractivity contribution in [1.29, 1.82) is 0 Å². The number of aromatic nitrogens is 2. The molecule has 0 N–H and O–H groups in total. The third-order valence-electron chi connectivity index (χ3n) is 3.84. The summed E-state index contributed by atoms with van der Waals surface area (Å²) in [5.74, 6) is 0. The highest BCUT2D eigenvalue weighted by Gasteiger charge is 2.36. The van der Waals surface area contributed by atoms with Gasteiger partial charge in [-0.25, -0.2) is 8.42 Å². The smallest absolute Gasteiger partial charge is 0.246 e. The molecule has 0 radical (unpaired) electrons. The number of ether oxygens (including phenoxy) is 1. The fourth-order valence-corrected chi connectivity index (χ4v) is 4.21. The Morgan fingerprint density at radius 2 is 2.00 bits per heavy atom. The van der Waals surface area contributed by atoms with E-state index in [2.05, 4.69) is 5.10 Å². The molecule has 3 rings (SSSR count). The average Bonchev–Trinajstić information content (AvgIpc) is 2.96. The van der Waals surface area contributed by atoms with Gasteiger partial charge in [-0.1, -0.05) is 30.3 Å². The lowest BCUT2D eigenvalue weighted by molar-refractivity contribution is -0.0288. The van der Waals surface area contributed by atoms with Crippen molar-refractivity contribution < 1.29 is 13.2 Å². The first-order chi connectivity index (χ1) is 10.5. The van der Waals surface area contributed by atoms with E-state index in [9.17, 15) is 8.42 Å². The molecular weight excluding hydrogens is 302 g/mol. The zero-order chi connectivity index (χ0) is 15.7. The molecule has 2 unspecified atom stereocenters. The second-order valence-electron chi connectivity index (χ2n) is 5.51. The van der Waals surface area contributed by atoms with E-state index in [0.29, 0.717) is 13.2 Å². The van der Waals surface area contributed by atoms with Crippen molar-refractivity contribution in [3.05, 3.63) is 48.3 Å². The molecule has 2 aromatic rings. The molecule has 0 amide bonds. The molecule has 118 valence electrons. The van der Waals surface area contributed by atoms with Gasteiger partial charge in [0, 0.05) is 25.8 Å². The number of nitrogens with zero attached hydrogens (tertiary/aromatic N) is 3. The third-order valence-corrected chi connectivity index (χ3v) is 5.77. The van der Waals surface area contributed by atoms with Crippen molar-refractivity contribution in [2.45, 2.75) is 24.0 Å². The molecule has 2 heterocycles. The number of hydrogen-bond acceptors (Lipinski definition) is 4. The van der Waals surface area contributed by atoms with Crippen LogP contribution in [0.2, 0.25) is 0 Å². The van der Waals surface area contributed by atoms with Gasteiger partial charge < -0.3 is 4.74 Å². The van der Waals surface area contributed by atoms with E-state index < -0.39 is 10.0 Å². The van der Waals surface area contributed by atoms with Crippen LogP contribution in [-0.4, -0.2) is 41.7 Å². The minimum Gasteiger partial charge on any atom is -0.370 e. The van der Waals surface area contributed by atoms with Gasteiger partial charge in [0.1, 0.15) is 4.90 Å². The Labute approximate surface area is 130 Å². The molecule has 1 aliphatic heterocycles. The number of morpholine rings is 1. The Morgan fingerprint density at radius 1 is 1.27 bits per heavy atom.